The van der Waals surface area contributed by atoms with Gasteiger partial charge in [-0.1, -0.05) is 23.7 Å². The molecule has 0 atom stereocenters. The molecule has 0 radical (unpaired) electrons. The van der Waals surface area contributed by atoms with E-state index in [4.69, 9.17) is 16.0 Å². The minimum Gasteiger partial charge on any atom is -0.439 e. The number of fused-ring (bicyclic) bond motifs is 1. The number of carbonyl (C=O) groups excluding carboxylic acids is 1. The number of rotatable bonds is 3. The Bertz CT molecular complexity index is 918. The maximum atomic E-state index is 13.2. The van der Waals surface area contributed by atoms with E-state index in [1.165, 1.54) is 12.1 Å². The van der Waals surface area contributed by atoms with Crippen LogP contribution in [0.2, 0.25) is 5.02 Å². The first-order valence-electron chi connectivity index (χ1n) is 8.41. The molecule has 26 heavy (non-hydrogen) atoms. The highest BCUT2D eigenvalue weighted by molar-refractivity contribution is 6.33. The zero-order chi connectivity index (χ0) is 18.1. The molecule has 2 aromatic carbocycles. The Morgan fingerprint density at radius 2 is 1.92 bits per heavy atom. The third-order valence-corrected chi connectivity index (χ3v) is 4.83. The van der Waals surface area contributed by atoms with Crippen LogP contribution in [0.4, 0.5) is 4.39 Å². The highest BCUT2D eigenvalue weighted by Crippen LogP contribution is 2.21. The summed E-state index contributed by atoms with van der Waals surface area (Å²) >= 11 is 6.00. The lowest BCUT2D eigenvalue weighted by molar-refractivity contribution is 0.0619. The molecule has 0 saturated carbocycles. The number of piperazine rings is 1. The second-order valence-electron chi connectivity index (χ2n) is 6.27. The van der Waals surface area contributed by atoms with Crippen LogP contribution in [0.15, 0.2) is 46.9 Å². The second-order valence-corrected chi connectivity index (χ2v) is 6.68. The molecule has 0 unspecified atom stereocenters. The monoisotopic (exact) mass is 373 g/mol. The Morgan fingerprint density at radius 3 is 2.65 bits per heavy atom. The lowest BCUT2D eigenvalue weighted by Crippen LogP contribution is -2.48. The van der Waals surface area contributed by atoms with Crippen LogP contribution in [0.5, 0.6) is 0 Å². The number of aromatic nitrogens is 1. The third-order valence-electron chi connectivity index (χ3n) is 4.52. The lowest BCUT2D eigenvalue weighted by Gasteiger charge is -2.34. The maximum Gasteiger partial charge on any atom is 0.255 e. The molecule has 134 valence electrons. The van der Waals surface area contributed by atoms with E-state index < -0.39 is 5.82 Å². The summed E-state index contributed by atoms with van der Waals surface area (Å²) in [6.07, 6.45) is 0. The molecular weight excluding hydrogens is 357 g/mol. The summed E-state index contributed by atoms with van der Waals surface area (Å²) in [6, 6.07) is 11.5. The van der Waals surface area contributed by atoms with Gasteiger partial charge in [0.05, 0.1) is 17.1 Å². The molecule has 1 aliphatic heterocycles. The van der Waals surface area contributed by atoms with Crippen molar-refractivity contribution in [3.63, 3.8) is 0 Å². The van der Waals surface area contributed by atoms with Crippen LogP contribution in [0.1, 0.15) is 16.2 Å². The van der Waals surface area contributed by atoms with Crippen molar-refractivity contribution in [2.24, 2.45) is 0 Å². The number of para-hydroxylation sites is 2. The van der Waals surface area contributed by atoms with Crippen LogP contribution < -0.4 is 0 Å². The van der Waals surface area contributed by atoms with Crippen LogP contribution >= 0.6 is 11.6 Å². The van der Waals surface area contributed by atoms with Gasteiger partial charge in [0.15, 0.2) is 5.58 Å². The number of nitrogens with zero attached hydrogens (tertiary/aromatic N) is 3. The van der Waals surface area contributed by atoms with E-state index in [9.17, 15) is 9.18 Å². The minimum absolute atomic E-state index is 0.143. The molecule has 2 heterocycles. The summed E-state index contributed by atoms with van der Waals surface area (Å²) in [5, 5.41) is 0.143. The molecule has 7 heteroatoms. The quantitative estimate of drug-likeness (QED) is 0.704. The van der Waals surface area contributed by atoms with Crippen molar-refractivity contribution in [3.05, 3.63) is 64.8 Å². The summed E-state index contributed by atoms with van der Waals surface area (Å²) in [4.78, 5) is 21.0. The summed E-state index contributed by atoms with van der Waals surface area (Å²) in [5.74, 6) is 0.0544. The Hall–Kier alpha value is -2.44. The van der Waals surface area contributed by atoms with Crippen molar-refractivity contribution in [2.75, 3.05) is 26.2 Å². The van der Waals surface area contributed by atoms with Crippen LogP contribution in [0.25, 0.3) is 11.1 Å². The molecule has 0 bridgehead atoms. The van der Waals surface area contributed by atoms with Crippen LogP contribution in [0, 0.1) is 5.82 Å². The molecule has 0 aliphatic carbocycles. The van der Waals surface area contributed by atoms with E-state index in [-0.39, 0.29) is 10.9 Å². The molecule has 1 fully saturated rings. The molecule has 1 saturated heterocycles. The second kappa shape index (κ2) is 7.05. The number of halogens is 2. The Balaban J connectivity index is 1.38. The zero-order valence-electron chi connectivity index (χ0n) is 14.0. The van der Waals surface area contributed by atoms with E-state index in [2.05, 4.69) is 9.88 Å². The van der Waals surface area contributed by atoms with Gasteiger partial charge in [-0.2, -0.15) is 0 Å². The average Bonchev–Trinajstić information content (AvgIpc) is 3.04. The lowest BCUT2D eigenvalue weighted by atomic mass is 10.1. The minimum atomic E-state index is -0.449. The number of benzene rings is 2. The Kier molecular flexibility index (Phi) is 4.61. The SMILES string of the molecule is O=C(c1ccc(F)cc1Cl)N1CCN(Cc2nc3ccccc3o2)CC1. The molecule has 4 rings (SSSR count). The fourth-order valence-electron chi connectivity index (χ4n) is 3.12. The van der Waals surface area contributed by atoms with Gasteiger partial charge in [0.1, 0.15) is 11.3 Å². The summed E-state index contributed by atoms with van der Waals surface area (Å²) < 4.78 is 18.9. The fourth-order valence-corrected chi connectivity index (χ4v) is 3.37. The summed E-state index contributed by atoms with van der Waals surface area (Å²) in [7, 11) is 0. The van der Waals surface area contributed by atoms with Gasteiger partial charge in [0.2, 0.25) is 5.89 Å². The largest absolute Gasteiger partial charge is 0.439 e. The van der Waals surface area contributed by atoms with Gasteiger partial charge in [0.25, 0.3) is 5.91 Å². The zero-order valence-corrected chi connectivity index (χ0v) is 14.7. The van der Waals surface area contributed by atoms with Crippen LogP contribution in [-0.4, -0.2) is 46.9 Å². The first-order valence-corrected chi connectivity index (χ1v) is 8.79. The van der Waals surface area contributed by atoms with Crippen molar-refractivity contribution in [1.82, 2.24) is 14.8 Å². The van der Waals surface area contributed by atoms with Crippen molar-refractivity contribution >= 4 is 28.6 Å². The van der Waals surface area contributed by atoms with Gasteiger partial charge in [-0.3, -0.25) is 9.69 Å². The number of carbonyl (C=O) groups is 1. The van der Waals surface area contributed by atoms with E-state index in [1.807, 2.05) is 24.3 Å². The third kappa shape index (κ3) is 3.43. The number of hydrogen-bond acceptors (Lipinski definition) is 4. The number of oxazole rings is 1. The molecular formula is C19H17ClFN3O2. The normalized spacial score (nSPS) is 15.5. The Labute approximate surface area is 155 Å². The first kappa shape index (κ1) is 17.0. The number of amides is 1. The first-order chi connectivity index (χ1) is 12.6. The van der Waals surface area contributed by atoms with Crippen molar-refractivity contribution in [2.45, 2.75) is 6.54 Å². The smallest absolute Gasteiger partial charge is 0.255 e. The molecule has 5 nitrogen and oxygen atoms in total. The predicted octanol–water partition coefficient (Wildman–Crippen LogP) is 3.58. The van der Waals surface area contributed by atoms with Gasteiger partial charge in [-0.15, -0.1) is 0 Å². The summed E-state index contributed by atoms with van der Waals surface area (Å²) in [5.41, 5.74) is 1.96. The maximum absolute atomic E-state index is 13.2. The van der Waals surface area contributed by atoms with Gasteiger partial charge in [-0.25, -0.2) is 9.37 Å². The predicted molar refractivity (Wildman–Crippen MR) is 96.6 cm³/mol. The molecule has 3 aromatic rings. The molecule has 0 spiro atoms. The van der Waals surface area contributed by atoms with Crippen molar-refractivity contribution in [3.8, 4) is 0 Å². The average molecular weight is 374 g/mol. The topological polar surface area (TPSA) is 49.6 Å². The van der Waals surface area contributed by atoms with Gasteiger partial charge < -0.3 is 9.32 Å². The standard InChI is InChI=1S/C19H17ClFN3O2/c20-15-11-13(21)5-6-14(15)19(25)24-9-7-23(8-10-24)12-18-22-16-3-1-2-4-17(16)26-18/h1-6,11H,7-10,12H2. The van der Waals surface area contributed by atoms with E-state index >= 15 is 0 Å². The molecule has 1 aromatic heterocycles. The van der Waals surface area contributed by atoms with Crippen molar-refractivity contribution < 1.29 is 13.6 Å². The van der Waals surface area contributed by atoms with Crippen LogP contribution in [0.3, 0.4) is 0 Å². The van der Waals surface area contributed by atoms with E-state index in [0.717, 1.165) is 17.2 Å². The number of hydrogen-bond donors (Lipinski definition) is 0. The van der Waals surface area contributed by atoms with Crippen molar-refractivity contribution in [1.29, 1.82) is 0 Å². The van der Waals surface area contributed by atoms with Gasteiger partial charge >= 0.3 is 0 Å². The van der Waals surface area contributed by atoms with Gasteiger partial charge in [0, 0.05) is 26.2 Å². The summed E-state index contributed by atoms with van der Waals surface area (Å²) in [6.45, 7) is 3.18. The molecule has 1 aliphatic rings. The molecule has 0 N–H and O–H groups in total. The highest BCUT2D eigenvalue weighted by Gasteiger charge is 2.24. The Morgan fingerprint density at radius 1 is 1.15 bits per heavy atom. The van der Waals surface area contributed by atoms with E-state index in [1.54, 1.807) is 4.90 Å². The van der Waals surface area contributed by atoms with E-state index in [0.29, 0.717) is 44.2 Å². The molecule has 1 amide bonds. The van der Waals surface area contributed by atoms with Crippen LogP contribution in [-0.2, 0) is 6.54 Å². The van der Waals surface area contributed by atoms with Gasteiger partial charge in [-0.05, 0) is 30.3 Å². The fraction of sp³-hybridized carbons (Fsp3) is 0.263. The highest BCUT2D eigenvalue weighted by atomic mass is 35.5.